The zero-order chi connectivity index (χ0) is 39.9. The first-order valence-corrected chi connectivity index (χ1v) is 20.2. The Bertz CT molecular complexity index is 2540. The highest BCUT2D eigenvalue weighted by Crippen LogP contribution is 2.37. The number of hydrogen-bond acceptors (Lipinski definition) is 10. The van der Waals surface area contributed by atoms with Gasteiger partial charge in [-0.25, -0.2) is 9.97 Å². The molecule has 3 aliphatic heterocycles. The first-order chi connectivity index (χ1) is 28.1. The van der Waals surface area contributed by atoms with Gasteiger partial charge in [0.05, 0.1) is 53.1 Å². The van der Waals surface area contributed by atoms with Crippen LogP contribution in [0.2, 0.25) is 5.15 Å². The highest BCUT2D eigenvalue weighted by Gasteiger charge is 2.52. The van der Waals surface area contributed by atoms with Crippen molar-refractivity contribution in [3.05, 3.63) is 149 Å². The van der Waals surface area contributed by atoms with Crippen LogP contribution in [0.25, 0.3) is 23.4 Å². The standard InChI is InChI=1S/C20H16N4.C14H18BNO2.C12H10ClN3/c1-2-7-19-14(4-1)8-9-24(19)20-13-21-12-18(23-20)16-10-15-5-3-6-17(15)22-11-16;1-13(2)14(3,4)18-15(17-13)11-8-10-6-5-7-12(10)16-9-11;13-11-7-14-8-12(15-11)16-6-5-9-3-1-2-4-10(9)16/h1-5,7,10-13H,6,8-9H2;5-6,8-9H,7H2,1-4H3;1-4,7-8H,5-6H2. The van der Waals surface area contributed by atoms with Crippen molar-refractivity contribution in [2.75, 3.05) is 22.9 Å². The van der Waals surface area contributed by atoms with Crippen LogP contribution in [0.1, 0.15) is 61.3 Å². The first kappa shape index (κ1) is 37.8. The van der Waals surface area contributed by atoms with E-state index in [0.29, 0.717) is 5.15 Å². The quantitative estimate of drug-likeness (QED) is 0.162. The van der Waals surface area contributed by atoms with Gasteiger partial charge in [0.2, 0.25) is 0 Å². The van der Waals surface area contributed by atoms with Crippen LogP contribution in [0.3, 0.4) is 0 Å². The maximum absolute atomic E-state index is 6.02. The lowest BCUT2D eigenvalue weighted by Gasteiger charge is -2.32. The second-order valence-electron chi connectivity index (χ2n) is 15.9. The number of allylic oxidation sites excluding steroid dienone is 2. The van der Waals surface area contributed by atoms with Crippen molar-refractivity contribution in [2.45, 2.75) is 64.6 Å². The molecule has 2 aromatic carbocycles. The van der Waals surface area contributed by atoms with Crippen LogP contribution in [-0.4, -0.2) is 61.3 Å². The van der Waals surface area contributed by atoms with Crippen LogP contribution in [0, 0.1) is 0 Å². The molecule has 0 unspecified atom stereocenters. The van der Waals surface area contributed by atoms with Gasteiger partial charge in [0, 0.05) is 60.7 Å². The van der Waals surface area contributed by atoms with Crippen molar-refractivity contribution in [3.63, 3.8) is 0 Å². The van der Waals surface area contributed by atoms with Crippen LogP contribution < -0.4 is 15.3 Å². The van der Waals surface area contributed by atoms with E-state index in [1.807, 2.05) is 30.9 Å². The Kier molecular flexibility index (Phi) is 10.1. The number of pyridine rings is 2. The van der Waals surface area contributed by atoms with E-state index in [1.54, 1.807) is 12.4 Å². The summed E-state index contributed by atoms with van der Waals surface area (Å²) < 4.78 is 12.0. The van der Waals surface area contributed by atoms with Crippen molar-refractivity contribution >= 4 is 59.3 Å². The highest BCUT2D eigenvalue weighted by atomic mass is 35.5. The summed E-state index contributed by atoms with van der Waals surface area (Å²) in [7, 11) is -0.318. The third kappa shape index (κ3) is 7.53. The maximum Gasteiger partial charge on any atom is 0.496 e. The molecule has 0 bridgehead atoms. The van der Waals surface area contributed by atoms with Gasteiger partial charge in [0.1, 0.15) is 5.15 Å². The largest absolute Gasteiger partial charge is 0.496 e. The molecule has 0 spiro atoms. The fourth-order valence-corrected chi connectivity index (χ4v) is 7.89. The number of rotatable bonds is 4. The Hall–Kier alpha value is -5.75. The molecule has 7 heterocycles. The van der Waals surface area contributed by atoms with Gasteiger partial charge in [-0.1, -0.05) is 78.4 Å². The smallest absolute Gasteiger partial charge is 0.399 e. The first-order valence-electron chi connectivity index (χ1n) is 19.8. The zero-order valence-electron chi connectivity index (χ0n) is 33.1. The number of fused-ring (bicyclic) bond motifs is 4. The number of nitrogens with zero attached hydrogens (tertiary/aromatic N) is 8. The summed E-state index contributed by atoms with van der Waals surface area (Å²) in [6.45, 7) is 10.1. The van der Waals surface area contributed by atoms with Crippen molar-refractivity contribution in [2.24, 2.45) is 0 Å². The van der Waals surface area contributed by atoms with E-state index in [-0.39, 0.29) is 18.3 Å². The van der Waals surface area contributed by atoms with E-state index >= 15 is 0 Å². The fraction of sp³-hybridized carbons (Fsp3) is 0.261. The molecular formula is C46H44BClN8O2. The lowest BCUT2D eigenvalue weighted by molar-refractivity contribution is 0.00578. The van der Waals surface area contributed by atoms with Crippen LogP contribution in [0.5, 0.6) is 0 Å². The van der Waals surface area contributed by atoms with Crippen LogP contribution in [0.15, 0.2) is 110 Å². The minimum absolute atomic E-state index is 0.299. The molecule has 4 aromatic heterocycles. The van der Waals surface area contributed by atoms with Crippen molar-refractivity contribution in [1.29, 1.82) is 0 Å². The Morgan fingerprint density at radius 3 is 1.81 bits per heavy atom. The average Bonchev–Trinajstić information content (AvgIpc) is 4.08. The van der Waals surface area contributed by atoms with Crippen molar-refractivity contribution < 1.29 is 9.31 Å². The van der Waals surface area contributed by atoms with Crippen molar-refractivity contribution in [1.82, 2.24) is 29.9 Å². The van der Waals surface area contributed by atoms with Gasteiger partial charge in [-0.3, -0.25) is 19.9 Å². The number of aromatic nitrogens is 6. The summed E-state index contributed by atoms with van der Waals surface area (Å²) in [6.07, 6.45) is 23.2. The summed E-state index contributed by atoms with van der Waals surface area (Å²) in [4.78, 5) is 31.0. The Labute approximate surface area is 344 Å². The summed E-state index contributed by atoms with van der Waals surface area (Å²) in [6, 6.07) is 21.1. The summed E-state index contributed by atoms with van der Waals surface area (Å²) in [5, 5.41) is 0.432. The average molecular weight is 787 g/mol. The van der Waals surface area contributed by atoms with Gasteiger partial charge in [0.15, 0.2) is 11.6 Å². The van der Waals surface area contributed by atoms with E-state index in [0.717, 1.165) is 78.5 Å². The predicted molar refractivity (Wildman–Crippen MR) is 232 cm³/mol. The summed E-state index contributed by atoms with van der Waals surface area (Å²) in [5.74, 6) is 1.71. The van der Waals surface area contributed by atoms with E-state index in [9.17, 15) is 0 Å². The number of hydrogen-bond donors (Lipinski definition) is 0. The molecule has 1 fully saturated rings. The minimum atomic E-state index is -0.318. The molecule has 58 heavy (non-hydrogen) atoms. The molecule has 0 radical (unpaired) electrons. The van der Waals surface area contributed by atoms with Gasteiger partial charge in [-0.05, 0) is 81.0 Å². The van der Waals surface area contributed by atoms with E-state index in [2.05, 4.69) is 141 Å². The fourth-order valence-electron chi connectivity index (χ4n) is 7.75. The molecule has 6 aromatic rings. The molecule has 12 heteroatoms. The van der Waals surface area contributed by atoms with Gasteiger partial charge in [-0.2, -0.15) is 0 Å². The lowest BCUT2D eigenvalue weighted by Crippen LogP contribution is -2.41. The summed E-state index contributed by atoms with van der Waals surface area (Å²) in [5.41, 5.74) is 12.1. The van der Waals surface area contributed by atoms with Gasteiger partial charge in [0.25, 0.3) is 0 Å². The topological polar surface area (TPSA) is 102 Å². The molecule has 0 saturated carbocycles. The molecule has 0 amide bonds. The Morgan fingerprint density at radius 2 is 1.19 bits per heavy atom. The maximum atomic E-state index is 6.02. The monoisotopic (exact) mass is 786 g/mol. The van der Waals surface area contributed by atoms with Crippen LogP contribution in [-0.2, 0) is 35.0 Å². The van der Waals surface area contributed by atoms with Crippen LogP contribution >= 0.6 is 11.6 Å². The van der Waals surface area contributed by atoms with E-state index in [4.69, 9.17) is 25.9 Å². The number of halogens is 1. The predicted octanol–water partition coefficient (Wildman–Crippen LogP) is 8.58. The third-order valence-corrected chi connectivity index (χ3v) is 11.8. The number of benzene rings is 2. The van der Waals surface area contributed by atoms with Crippen molar-refractivity contribution in [3.8, 4) is 11.3 Å². The lowest BCUT2D eigenvalue weighted by atomic mass is 9.79. The molecule has 10 nitrogen and oxygen atoms in total. The van der Waals surface area contributed by atoms with Gasteiger partial charge < -0.3 is 19.1 Å². The molecule has 5 aliphatic rings. The number of para-hydroxylation sites is 2. The molecule has 290 valence electrons. The molecule has 0 atom stereocenters. The number of anilines is 4. The highest BCUT2D eigenvalue weighted by molar-refractivity contribution is 6.62. The van der Waals surface area contributed by atoms with Crippen LogP contribution in [0.4, 0.5) is 23.0 Å². The third-order valence-electron chi connectivity index (χ3n) is 11.6. The molecular weight excluding hydrogens is 743 g/mol. The second kappa shape index (κ2) is 15.5. The Balaban J connectivity index is 0.000000116. The van der Waals surface area contributed by atoms with Gasteiger partial charge in [-0.15, -0.1) is 0 Å². The summed E-state index contributed by atoms with van der Waals surface area (Å²) >= 11 is 5.85. The van der Waals surface area contributed by atoms with E-state index in [1.165, 1.54) is 33.6 Å². The molecule has 1 saturated heterocycles. The minimum Gasteiger partial charge on any atom is -0.399 e. The molecule has 11 rings (SSSR count). The molecule has 2 aliphatic carbocycles. The van der Waals surface area contributed by atoms with E-state index < -0.39 is 0 Å². The Morgan fingerprint density at radius 1 is 0.638 bits per heavy atom. The SMILES string of the molecule is C1=Cc2cc(-c3cncc(N4CCc5ccccc54)n3)cnc2C1.CC1(C)OB(c2cnc3c(c2)C=CC3)OC1(C)C.Clc1cncc(N2CCc3ccccc32)n1. The molecule has 0 N–H and O–H groups in total. The zero-order valence-corrected chi connectivity index (χ0v) is 33.9. The normalized spacial score (nSPS) is 17.2. The van der Waals surface area contributed by atoms with Gasteiger partial charge >= 0.3 is 7.12 Å². The second-order valence-corrected chi connectivity index (χ2v) is 16.3.